The van der Waals surface area contributed by atoms with Crippen molar-refractivity contribution in [2.75, 3.05) is 5.32 Å². The van der Waals surface area contributed by atoms with Gasteiger partial charge in [0.25, 0.3) is 0 Å². The van der Waals surface area contributed by atoms with Crippen molar-refractivity contribution in [1.29, 1.82) is 0 Å². The minimum atomic E-state index is -0.735. The van der Waals surface area contributed by atoms with Crippen LogP contribution in [-0.4, -0.2) is 32.1 Å². The van der Waals surface area contributed by atoms with E-state index < -0.39 is 5.60 Å². The van der Waals surface area contributed by atoms with E-state index in [1.54, 1.807) is 13.0 Å². The lowest BCUT2D eigenvalue weighted by atomic mass is 9.82. The molecule has 1 saturated carbocycles. The highest BCUT2D eigenvalue weighted by molar-refractivity contribution is 5.71. The first-order valence-electron chi connectivity index (χ1n) is 9.00. The van der Waals surface area contributed by atoms with E-state index in [2.05, 4.69) is 27.4 Å². The third-order valence-electron chi connectivity index (χ3n) is 5.01. The Balaban J connectivity index is 1.85. The normalized spacial score (nSPS) is 22.4. The molecule has 0 saturated heterocycles. The largest absolute Gasteiger partial charge is 0.507 e. The van der Waals surface area contributed by atoms with E-state index in [4.69, 9.17) is 0 Å². The Bertz CT molecular complexity index is 865. The molecule has 1 aromatic carbocycles. The molecular formula is C21H25N3O2. The second-order valence-electron chi connectivity index (χ2n) is 7.17. The van der Waals surface area contributed by atoms with Gasteiger partial charge in [-0.3, -0.25) is 0 Å². The Labute approximate surface area is 154 Å². The average Bonchev–Trinajstić information content (AvgIpc) is 2.58. The third kappa shape index (κ3) is 3.81. The van der Waals surface area contributed by atoms with E-state index >= 15 is 0 Å². The summed E-state index contributed by atoms with van der Waals surface area (Å²) in [7, 11) is 0. The Morgan fingerprint density at radius 3 is 2.69 bits per heavy atom. The second-order valence-corrected chi connectivity index (χ2v) is 7.17. The molecule has 3 rings (SSSR count). The van der Waals surface area contributed by atoms with Crippen LogP contribution in [0.15, 0.2) is 24.3 Å². The zero-order valence-corrected chi connectivity index (χ0v) is 15.5. The minimum absolute atomic E-state index is 0.0314. The smallest absolute Gasteiger partial charge is 0.149 e. The summed E-state index contributed by atoms with van der Waals surface area (Å²) in [6.45, 7) is 5.57. The number of nitrogens with zero attached hydrogens (tertiary/aromatic N) is 2. The zero-order chi connectivity index (χ0) is 18.7. The maximum atomic E-state index is 10.5. The van der Waals surface area contributed by atoms with Crippen molar-refractivity contribution in [2.24, 2.45) is 0 Å². The highest BCUT2D eigenvalue weighted by Crippen LogP contribution is 2.33. The van der Waals surface area contributed by atoms with Crippen LogP contribution >= 0.6 is 0 Å². The van der Waals surface area contributed by atoms with Crippen molar-refractivity contribution in [1.82, 2.24) is 10.2 Å². The van der Waals surface area contributed by atoms with Crippen LogP contribution in [0.25, 0.3) is 11.3 Å². The number of anilines is 1. The van der Waals surface area contributed by atoms with Crippen LogP contribution in [0, 0.1) is 18.8 Å². The summed E-state index contributed by atoms with van der Waals surface area (Å²) in [4.78, 5) is 0. The highest BCUT2D eigenvalue weighted by atomic mass is 16.3. The fourth-order valence-corrected chi connectivity index (χ4v) is 3.50. The van der Waals surface area contributed by atoms with E-state index in [9.17, 15) is 10.2 Å². The van der Waals surface area contributed by atoms with Crippen LogP contribution in [-0.2, 0) is 0 Å². The van der Waals surface area contributed by atoms with Gasteiger partial charge in [-0.05, 0) is 63.4 Å². The SMILES string of the molecule is CC#Cc1ccc(-c2nnc(N[C@H]3CCCC[C@@]3(C)O)cc2C)c(O)c1. The molecule has 1 aliphatic rings. The molecule has 0 amide bonds. The van der Waals surface area contributed by atoms with E-state index in [1.807, 2.05) is 32.0 Å². The molecular weight excluding hydrogens is 326 g/mol. The highest BCUT2D eigenvalue weighted by Gasteiger charge is 2.34. The summed E-state index contributed by atoms with van der Waals surface area (Å²) >= 11 is 0. The lowest BCUT2D eigenvalue weighted by molar-refractivity contribution is 0.0104. The monoisotopic (exact) mass is 351 g/mol. The van der Waals surface area contributed by atoms with Gasteiger partial charge in [0.1, 0.15) is 11.6 Å². The van der Waals surface area contributed by atoms with Crippen LogP contribution in [0.3, 0.4) is 0 Å². The topological polar surface area (TPSA) is 78.3 Å². The van der Waals surface area contributed by atoms with Crippen molar-refractivity contribution in [3.63, 3.8) is 0 Å². The van der Waals surface area contributed by atoms with Gasteiger partial charge < -0.3 is 15.5 Å². The molecule has 5 nitrogen and oxygen atoms in total. The van der Waals surface area contributed by atoms with Gasteiger partial charge in [0.15, 0.2) is 0 Å². The summed E-state index contributed by atoms with van der Waals surface area (Å²) in [6.07, 6.45) is 3.85. The van der Waals surface area contributed by atoms with Gasteiger partial charge in [-0.1, -0.05) is 18.8 Å². The lowest BCUT2D eigenvalue weighted by Gasteiger charge is -2.37. The molecule has 26 heavy (non-hydrogen) atoms. The third-order valence-corrected chi connectivity index (χ3v) is 5.01. The molecule has 136 valence electrons. The van der Waals surface area contributed by atoms with E-state index in [1.165, 1.54) is 0 Å². The Morgan fingerprint density at radius 2 is 2.04 bits per heavy atom. The number of hydrogen-bond acceptors (Lipinski definition) is 5. The number of rotatable bonds is 3. The maximum Gasteiger partial charge on any atom is 0.149 e. The van der Waals surface area contributed by atoms with Gasteiger partial charge in [-0.25, -0.2) is 0 Å². The Kier molecular flexibility index (Phi) is 5.15. The molecule has 0 aliphatic heterocycles. The molecule has 0 radical (unpaired) electrons. The predicted molar refractivity (Wildman–Crippen MR) is 103 cm³/mol. The van der Waals surface area contributed by atoms with Crippen molar-refractivity contribution in [3.8, 4) is 28.8 Å². The van der Waals surface area contributed by atoms with Crippen molar-refractivity contribution < 1.29 is 10.2 Å². The second kappa shape index (κ2) is 7.35. The quantitative estimate of drug-likeness (QED) is 0.736. The lowest BCUT2D eigenvalue weighted by Crippen LogP contribution is -2.46. The first kappa shape index (κ1) is 18.2. The van der Waals surface area contributed by atoms with Crippen molar-refractivity contribution >= 4 is 5.82 Å². The molecule has 0 spiro atoms. The summed E-state index contributed by atoms with van der Waals surface area (Å²) in [5.74, 6) is 6.52. The number of nitrogens with one attached hydrogen (secondary N) is 1. The number of aryl methyl sites for hydroxylation is 1. The van der Waals surface area contributed by atoms with Crippen LogP contribution in [0.5, 0.6) is 5.75 Å². The predicted octanol–water partition coefficient (Wildman–Crippen LogP) is 3.63. The first-order chi connectivity index (χ1) is 12.4. The Morgan fingerprint density at radius 1 is 1.23 bits per heavy atom. The molecule has 2 atom stereocenters. The molecule has 2 aromatic rings. The van der Waals surface area contributed by atoms with Gasteiger partial charge in [-0.15, -0.1) is 16.1 Å². The van der Waals surface area contributed by atoms with Crippen molar-refractivity contribution in [2.45, 2.75) is 58.1 Å². The Hall–Kier alpha value is -2.58. The standard InChI is InChI=1S/C21H25N3O2/c1-4-7-15-9-10-16(17(25)13-15)20-14(2)12-19(23-24-20)22-18-8-5-6-11-21(18,3)26/h9-10,12-13,18,25-26H,5-6,8,11H2,1-3H3,(H,22,23)/t18-,21+/m0/s1. The van der Waals surface area contributed by atoms with Crippen LogP contribution in [0.1, 0.15) is 50.7 Å². The molecule has 0 unspecified atom stereocenters. The van der Waals surface area contributed by atoms with Crippen LogP contribution in [0.2, 0.25) is 0 Å². The number of benzene rings is 1. The van der Waals surface area contributed by atoms with Crippen molar-refractivity contribution in [3.05, 3.63) is 35.4 Å². The number of aliphatic hydroxyl groups is 1. The van der Waals surface area contributed by atoms with Gasteiger partial charge in [0.2, 0.25) is 0 Å². The molecule has 3 N–H and O–H groups in total. The zero-order valence-electron chi connectivity index (χ0n) is 15.5. The molecule has 0 bridgehead atoms. The maximum absolute atomic E-state index is 10.5. The minimum Gasteiger partial charge on any atom is -0.507 e. The fraction of sp³-hybridized carbons (Fsp3) is 0.429. The fourth-order valence-electron chi connectivity index (χ4n) is 3.50. The number of aromatic hydroxyl groups is 1. The van der Waals surface area contributed by atoms with E-state index in [-0.39, 0.29) is 11.8 Å². The summed E-state index contributed by atoms with van der Waals surface area (Å²) < 4.78 is 0. The first-order valence-corrected chi connectivity index (χ1v) is 9.00. The van der Waals surface area contributed by atoms with Crippen LogP contribution < -0.4 is 5.32 Å². The summed E-state index contributed by atoms with van der Waals surface area (Å²) in [5.41, 5.74) is 2.20. The number of aromatic nitrogens is 2. The molecule has 1 aliphatic carbocycles. The molecule has 1 heterocycles. The van der Waals surface area contributed by atoms with E-state index in [0.717, 1.165) is 36.8 Å². The summed E-state index contributed by atoms with van der Waals surface area (Å²) in [6, 6.07) is 7.18. The molecule has 1 aromatic heterocycles. The van der Waals surface area contributed by atoms with Gasteiger partial charge in [0.05, 0.1) is 17.3 Å². The molecule has 5 heteroatoms. The van der Waals surface area contributed by atoms with E-state index in [0.29, 0.717) is 17.1 Å². The number of phenols is 1. The van der Waals surface area contributed by atoms with Gasteiger partial charge in [0, 0.05) is 11.1 Å². The van der Waals surface area contributed by atoms with Gasteiger partial charge >= 0.3 is 0 Å². The molecule has 1 fully saturated rings. The van der Waals surface area contributed by atoms with Gasteiger partial charge in [-0.2, -0.15) is 0 Å². The van der Waals surface area contributed by atoms with Crippen LogP contribution in [0.4, 0.5) is 5.82 Å². The number of phenolic OH excluding ortho intramolecular Hbond substituents is 1. The summed E-state index contributed by atoms with van der Waals surface area (Å²) in [5, 5.41) is 32.8. The number of hydrogen-bond donors (Lipinski definition) is 3. The average molecular weight is 351 g/mol.